The molecule has 34 heavy (non-hydrogen) atoms. The summed E-state index contributed by atoms with van der Waals surface area (Å²) in [6, 6.07) is 9.18. The molecule has 11 nitrogen and oxygen atoms in total. The van der Waals surface area contributed by atoms with Crippen molar-refractivity contribution in [2.24, 2.45) is 0 Å². The van der Waals surface area contributed by atoms with Gasteiger partial charge < -0.3 is 18.6 Å². The highest BCUT2D eigenvalue weighted by Gasteiger charge is 2.52. The van der Waals surface area contributed by atoms with E-state index in [9.17, 15) is 18.8 Å². The highest BCUT2D eigenvalue weighted by Crippen LogP contribution is 2.30. The Morgan fingerprint density at radius 3 is 2.29 bits per heavy atom. The lowest BCUT2D eigenvalue weighted by atomic mass is 9.95. The van der Waals surface area contributed by atoms with E-state index in [1.807, 2.05) is 10.6 Å². The number of nitrogens with one attached hydrogen (secondary N) is 2. The van der Waals surface area contributed by atoms with E-state index in [2.05, 4.69) is 10.2 Å². The molecular weight excluding hydrogens is 451 g/mol. The fraction of sp³-hybridized carbons (Fsp3) is 0.227. The van der Waals surface area contributed by atoms with Crippen molar-refractivity contribution in [3.8, 4) is 28.7 Å². The second-order valence-corrected chi connectivity index (χ2v) is 7.07. The summed E-state index contributed by atoms with van der Waals surface area (Å²) in [6.07, 6.45) is 0.984. The number of ether oxygens (including phenoxy) is 3. The van der Waals surface area contributed by atoms with Gasteiger partial charge in [-0.2, -0.15) is 0 Å². The molecule has 0 unspecified atom stereocenters. The molecule has 0 aliphatic carbocycles. The molecule has 0 bridgehead atoms. The van der Waals surface area contributed by atoms with Crippen molar-refractivity contribution in [2.45, 2.75) is 18.9 Å². The molecule has 0 saturated carbocycles. The number of barbiturate groups is 1. The fourth-order valence-electron chi connectivity index (χ4n) is 3.21. The Bertz CT molecular complexity index is 1180. The van der Waals surface area contributed by atoms with Crippen LogP contribution in [0.15, 0.2) is 53.3 Å². The van der Waals surface area contributed by atoms with E-state index in [0.29, 0.717) is 12.4 Å². The highest BCUT2D eigenvalue weighted by molar-refractivity contribution is 6.21. The number of nitrogens with zero attached hydrogens (tertiary/aromatic N) is 2. The molecule has 12 heteroatoms. The number of hydrogen-bond donors (Lipinski definition) is 2. The predicted molar refractivity (Wildman–Crippen MR) is 112 cm³/mol. The van der Waals surface area contributed by atoms with Gasteiger partial charge in [0.1, 0.15) is 23.1 Å². The lowest BCUT2D eigenvalue weighted by Crippen LogP contribution is -2.69. The summed E-state index contributed by atoms with van der Waals surface area (Å²) in [5.74, 6) is -1.62. The van der Waals surface area contributed by atoms with Gasteiger partial charge >= 0.3 is 6.03 Å². The maximum Gasteiger partial charge on any atom is 0.328 e. The number of aromatic nitrogens is 2. The van der Waals surface area contributed by atoms with Crippen LogP contribution < -0.4 is 20.1 Å². The molecule has 3 aromatic rings. The van der Waals surface area contributed by atoms with E-state index in [1.54, 1.807) is 6.92 Å². The smallest absolute Gasteiger partial charge is 0.328 e. The third kappa shape index (κ3) is 4.71. The Labute approximate surface area is 192 Å². The van der Waals surface area contributed by atoms with Gasteiger partial charge in [-0.25, -0.2) is 9.18 Å². The van der Waals surface area contributed by atoms with Gasteiger partial charge in [0.25, 0.3) is 17.4 Å². The summed E-state index contributed by atoms with van der Waals surface area (Å²) < 4.78 is 36.0. The molecule has 1 aliphatic rings. The van der Waals surface area contributed by atoms with Gasteiger partial charge in [0.2, 0.25) is 12.3 Å². The number of benzene rings is 2. The van der Waals surface area contributed by atoms with Crippen molar-refractivity contribution in [3.05, 3.63) is 54.7 Å². The molecule has 0 atom stereocenters. The number of imide groups is 2. The van der Waals surface area contributed by atoms with Crippen LogP contribution in [0, 0.1) is 5.82 Å². The van der Waals surface area contributed by atoms with Gasteiger partial charge in [-0.05, 0) is 43.3 Å². The Kier molecular flexibility index (Phi) is 6.50. The first-order valence-electron chi connectivity index (χ1n) is 10.2. The van der Waals surface area contributed by atoms with Crippen LogP contribution in [0.5, 0.6) is 17.2 Å². The summed E-state index contributed by atoms with van der Waals surface area (Å²) in [4.78, 5) is 36.6. The summed E-state index contributed by atoms with van der Waals surface area (Å²) in [7, 11) is 0. The van der Waals surface area contributed by atoms with E-state index in [1.165, 1.54) is 42.5 Å². The number of urea groups is 1. The lowest BCUT2D eigenvalue weighted by Gasteiger charge is -2.34. The van der Waals surface area contributed by atoms with E-state index >= 15 is 0 Å². The third-order valence-corrected chi connectivity index (χ3v) is 4.87. The summed E-state index contributed by atoms with van der Waals surface area (Å²) in [5.41, 5.74) is -1.85. The van der Waals surface area contributed by atoms with Crippen molar-refractivity contribution in [2.75, 3.05) is 13.2 Å². The van der Waals surface area contributed by atoms with Crippen LogP contribution in [0.4, 0.5) is 9.18 Å². The molecule has 1 aliphatic heterocycles. The van der Waals surface area contributed by atoms with E-state index < -0.39 is 29.3 Å². The standard InChI is InChI=1S/C22H19FN4O7/c1-2-31-10-9-22(19(28)25-21(30)26-20(22)29)34-14-5-3-13(4-6-14)33-15-7-8-16(17(23)11-15)18-27-24-12-32-18/h3-8,11-12H,2,9-10H2,1H3,(H2,25,26,28,29,30). The SMILES string of the molecule is CCOCCC1(Oc2ccc(Oc3ccc(-c4nnco4)c(F)c3)cc2)C(=O)NC(=O)NC1=O. The molecule has 0 spiro atoms. The normalized spacial score (nSPS) is 14.9. The minimum Gasteiger partial charge on any atom is -0.467 e. The van der Waals surface area contributed by atoms with Crippen molar-refractivity contribution in [1.29, 1.82) is 0 Å². The minimum atomic E-state index is -1.99. The molecular formula is C22H19FN4O7. The number of amides is 4. The number of carbonyl (C=O) groups is 3. The van der Waals surface area contributed by atoms with Crippen LogP contribution >= 0.6 is 0 Å². The van der Waals surface area contributed by atoms with Gasteiger partial charge in [-0.3, -0.25) is 20.2 Å². The Morgan fingerprint density at radius 2 is 1.68 bits per heavy atom. The number of rotatable bonds is 9. The minimum absolute atomic E-state index is 0.0429. The number of halogens is 1. The van der Waals surface area contributed by atoms with Gasteiger partial charge in [0.15, 0.2) is 0 Å². The Balaban J connectivity index is 1.49. The van der Waals surface area contributed by atoms with Crippen molar-refractivity contribution < 1.29 is 37.4 Å². The number of hydrogen-bond acceptors (Lipinski definition) is 9. The molecule has 4 rings (SSSR count). The molecule has 4 amide bonds. The third-order valence-electron chi connectivity index (χ3n) is 4.87. The molecule has 0 radical (unpaired) electrons. The first-order valence-corrected chi connectivity index (χ1v) is 10.2. The number of carbonyl (C=O) groups excluding carboxylic acids is 3. The zero-order chi connectivity index (χ0) is 24.1. The van der Waals surface area contributed by atoms with E-state index in [4.69, 9.17) is 18.6 Å². The van der Waals surface area contributed by atoms with E-state index in [-0.39, 0.29) is 36.0 Å². The van der Waals surface area contributed by atoms with Crippen LogP contribution in [-0.2, 0) is 14.3 Å². The molecule has 2 N–H and O–H groups in total. The summed E-state index contributed by atoms with van der Waals surface area (Å²) >= 11 is 0. The van der Waals surface area contributed by atoms with E-state index in [0.717, 1.165) is 6.39 Å². The molecule has 2 heterocycles. The second kappa shape index (κ2) is 9.67. The van der Waals surface area contributed by atoms with Crippen LogP contribution in [-0.4, -0.2) is 46.9 Å². The molecule has 1 aromatic heterocycles. The Hall–Kier alpha value is -4.32. The van der Waals surface area contributed by atoms with Gasteiger partial charge in [0, 0.05) is 19.1 Å². The van der Waals surface area contributed by atoms with Gasteiger partial charge in [-0.15, -0.1) is 10.2 Å². The highest BCUT2D eigenvalue weighted by atomic mass is 19.1. The topological polar surface area (TPSA) is 142 Å². The van der Waals surface area contributed by atoms with Crippen LogP contribution in [0.25, 0.3) is 11.5 Å². The van der Waals surface area contributed by atoms with Crippen molar-refractivity contribution in [3.63, 3.8) is 0 Å². The van der Waals surface area contributed by atoms with Crippen molar-refractivity contribution in [1.82, 2.24) is 20.8 Å². The average Bonchev–Trinajstić information content (AvgIpc) is 3.33. The second-order valence-electron chi connectivity index (χ2n) is 7.07. The first kappa shape index (κ1) is 22.9. The fourth-order valence-corrected chi connectivity index (χ4v) is 3.21. The van der Waals surface area contributed by atoms with Crippen molar-refractivity contribution >= 4 is 17.8 Å². The maximum atomic E-state index is 14.4. The monoisotopic (exact) mass is 470 g/mol. The quantitative estimate of drug-likeness (QED) is 0.356. The van der Waals surface area contributed by atoms with Crippen LogP contribution in [0.1, 0.15) is 13.3 Å². The lowest BCUT2D eigenvalue weighted by molar-refractivity contribution is -0.153. The largest absolute Gasteiger partial charge is 0.467 e. The van der Waals surface area contributed by atoms with Gasteiger partial charge in [0.05, 0.1) is 12.2 Å². The maximum absolute atomic E-state index is 14.4. The predicted octanol–water partition coefficient (Wildman–Crippen LogP) is 2.58. The first-order chi connectivity index (χ1) is 16.4. The van der Waals surface area contributed by atoms with Gasteiger partial charge in [-0.1, -0.05) is 0 Å². The zero-order valence-electron chi connectivity index (χ0n) is 17.9. The van der Waals surface area contributed by atoms with Crippen LogP contribution in [0.3, 0.4) is 0 Å². The molecule has 2 aromatic carbocycles. The summed E-state index contributed by atoms with van der Waals surface area (Å²) in [5, 5.41) is 11.3. The zero-order valence-corrected chi connectivity index (χ0v) is 17.9. The average molecular weight is 470 g/mol. The summed E-state index contributed by atoms with van der Waals surface area (Å²) in [6.45, 7) is 2.19. The molecule has 1 saturated heterocycles. The molecule has 1 fully saturated rings. The van der Waals surface area contributed by atoms with Crippen LogP contribution in [0.2, 0.25) is 0 Å². The Morgan fingerprint density at radius 1 is 1.00 bits per heavy atom. The molecule has 176 valence electrons.